The number of amides is 1. The Morgan fingerprint density at radius 1 is 0.886 bits per heavy atom. The molecule has 176 valence electrons. The summed E-state index contributed by atoms with van der Waals surface area (Å²) < 4.78 is 29.7. The highest BCUT2D eigenvalue weighted by molar-refractivity contribution is 5.95. The maximum absolute atomic E-state index is 13.5. The fourth-order valence-corrected chi connectivity index (χ4v) is 3.78. The van der Waals surface area contributed by atoms with E-state index < -0.39 is 0 Å². The summed E-state index contributed by atoms with van der Waals surface area (Å²) in [7, 11) is 0. The van der Waals surface area contributed by atoms with Crippen molar-refractivity contribution in [1.82, 2.24) is 9.88 Å². The van der Waals surface area contributed by atoms with Gasteiger partial charge in [-0.2, -0.15) is 0 Å². The Balaban J connectivity index is 1.30. The number of benzene rings is 3. The van der Waals surface area contributed by atoms with Crippen LogP contribution in [-0.4, -0.2) is 22.6 Å². The SMILES string of the molecule is O=C(c1ccc2c(c1)OCO2)N(Cc1ccc(OCc2ccc(F)cc2)cc1)Cc1cccnc1. The third kappa shape index (κ3) is 5.58. The van der Waals surface area contributed by atoms with Crippen LogP contribution in [0.2, 0.25) is 0 Å². The molecule has 4 aromatic rings. The summed E-state index contributed by atoms with van der Waals surface area (Å²) in [6, 6.07) is 22.8. The van der Waals surface area contributed by atoms with Gasteiger partial charge in [-0.05, 0) is 65.2 Å². The molecule has 35 heavy (non-hydrogen) atoms. The van der Waals surface area contributed by atoms with Gasteiger partial charge >= 0.3 is 0 Å². The molecule has 0 saturated heterocycles. The number of ether oxygens (including phenoxy) is 3. The minimum Gasteiger partial charge on any atom is -0.489 e. The molecular formula is C28H23FN2O4. The van der Waals surface area contributed by atoms with Crippen molar-refractivity contribution in [2.24, 2.45) is 0 Å². The molecule has 3 aromatic carbocycles. The Labute approximate surface area is 202 Å². The van der Waals surface area contributed by atoms with Crippen LogP contribution in [0.3, 0.4) is 0 Å². The quantitative estimate of drug-likeness (QED) is 0.347. The van der Waals surface area contributed by atoms with Gasteiger partial charge in [0.1, 0.15) is 18.2 Å². The van der Waals surface area contributed by atoms with E-state index >= 15 is 0 Å². The van der Waals surface area contributed by atoms with Crippen molar-refractivity contribution >= 4 is 5.91 Å². The molecule has 1 aliphatic rings. The maximum Gasteiger partial charge on any atom is 0.254 e. The van der Waals surface area contributed by atoms with Gasteiger partial charge in [-0.1, -0.05) is 30.3 Å². The smallest absolute Gasteiger partial charge is 0.254 e. The first kappa shape index (κ1) is 22.4. The summed E-state index contributed by atoms with van der Waals surface area (Å²) >= 11 is 0. The van der Waals surface area contributed by atoms with Crippen molar-refractivity contribution in [3.63, 3.8) is 0 Å². The zero-order valence-corrected chi connectivity index (χ0v) is 18.9. The number of halogens is 1. The lowest BCUT2D eigenvalue weighted by molar-refractivity contribution is 0.0729. The van der Waals surface area contributed by atoms with Gasteiger partial charge in [0.15, 0.2) is 11.5 Å². The van der Waals surface area contributed by atoms with Crippen LogP contribution < -0.4 is 14.2 Å². The van der Waals surface area contributed by atoms with Gasteiger partial charge < -0.3 is 19.1 Å². The van der Waals surface area contributed by atoms with Gasteiger partial charge in [-0.25, -0.2) is 4.39 Å². The van der Waals surface area contributed by atoms with Crippen LogP contribution in [0.1, 0.15) is 27.0 Å². The molecular weight excluding hydrogens is 447 g/mol. The van der Waals surface area contributed by atoms with Crippen molar-refractivity contribution in [3.05, 3.63) is 119 Å². The monoisotopic (exact) mass is 470 g/mol. The maximum atomic E-state index is 13.5. The molecule has 0 saturated carbocycles. The van der Waals surface area contributed by atoms with E-state index in [1.165, 1.54) is 12.1 Å². The highest BCUT2D eigenvalue weighted by Gasteiger charge is 2.21. The number of hydrogen-bond donors (Lipinski definition) is 0. The van der Waals surface area contributed by atoms with Gasteiger partial charge in [0.25, 0.3) is 5.91 Å². The fraction of sp³-hybridized carbons (Fsp3) is 0.143. The standard InChI is InChI=1S/C28H23FN2O4/c29-24-8-3-21(4-9-24)18-33-25-10-5-20(6-11-25)16-31(17-22-2-1-13-30-15-22)28(32)23-7-12-26-27(14-23)35-19-34-26/h1-15H,16-19H2. The second kappa shape index (κ2) is 10.3. The number of nitrogens with zero attached hydrogens (tertiary/aromatic N) is 2. The molecule has 1 amide bonds. The van der Waals surface area contributed by atoms with E-state index in [0.29, 0.717) is 42.5 Å². The minimum atomic E-state index is -0.274. The molecule has 0 aliphatic carbocycles. The van der Waals surface area contributed by atoms with Crippen molar-refractivity contribution in [2.45, 2.75) is 19.7 Å². The third-order valence-electron chi connectivity index (χ3n) is 5.62. The zero-order chi connectivity index (χ0) is 24.0. The first-order chi connectivity index (χ1) is 17.1. The van der Waals surface area contributed by atoms with Crippen molar-refractivity contribution in [3.8, 4) is 17.2 Å². The Hall–Kier alpha value is -4.39. The van der Waals surface area contributed by atoms with E-state index in [-0.39, 0.29) is 18.5 Å². The summed E-state index contributed by atoms with van der Waals surface area (Å²) in [6.45, 7) is 1.31. The average molecular weight is 471 g/mol. The summed E-state index contributed by atoms with van der Waals surface area (Å²) in [5.74, 6) is 1.50. The summed E-state index contributed by atoms with van der Waals surface area (Å²) in [6.07, 6.45) is 3.46. The topological polar surface area (TPSA) is 60.9 Å². The van der Waals surface area contributed by atoms with Crippen LogP contribution in [-0.2, 0) is 19.7 Å². The lowest BCUT2D eigenvalue weighted by Gasteiger charge is -2.23. The normalized spacial score (nSPS) is 11.8. The van der Waals surface area contributed by atoms with E-state index in [4.69, 9.17) is 14.2 Å². The summed E-state index contributed by atoms with van der Waals surface area (Å²) in [4.78, 5) is 19.4. The molecule has 0 fully saturated rings. The van der Waals surface area contributed by atoms with Crippen LogP contribution in [0.15, 0.2) is 91.3 Å². The van der Waals surface area contributed by atoms with Crippen LogP contribution >= 0.6 is 0 Å². The Kier molecular flexibility index (Phi) is 6.57. The van der Waals surface area contributed by atoms with E-state index in [9.17, 15) is 9.18 Å². The van der Waals surface area contributed by atoms with Gasteiger partial charge in [0.2, 0.25) is 6.79 Å². The van der Waals surface area contributed by atoms with Gasteiger partial charge in [0.05, 0.1) is 0 Å². The molecule has 6 nitrogen and oxygen atoms in total. The first-order valence-electron chi connectivity index (χ1n) is 11.2. The van der Waals surface area contributed by atoms with E-state index in [1.807, 2.05) is 36.4 Å². The van der Waals surface area contributed by atoms with E-state index in [1.54, 1.807) is 47.6 Å². The predicted octanol–water partition coefficient (Wildman–Crippen LogP) is 5.37. The Bertz CT molecular complexity index is 1300. The second-order valence-electron chi connectivity index (χ2n) is 8.15. The number of fused-ring (bicyclic) bond motifs is 1. The first-order valence-corrected chi connectivity index (χ1v) is 11.2. The number of aromatic nitrogens is 1. The molecule has 5 rings (SSSR count). The molecule has 0 unspecified atom stereocenters. The second-order valence-corrected chi connectivity index (χ2v) is 8.15. The molecule has 1 aliphatic heterocycles. The molecule has 0 radical (unpaired) electrons. The van der Waals surface area contributed by atoms with E-state index in [2.05, 4.69) is 4.98 Å². The number of carbonyl (C=O) groups excluding carboxylic acids is 1. The fourth-order valence-electron chi connectivity index (χ4n) is 3.78. The van der Waals surface area contributed by atoms with Crippen LogP contribution in [0, 0.1) is 5.82 Å². The van der Waals surface area contributed by atoms with Crippen LogP contribution in [0.5, 0.6) is 17.2 Å². The van der Waals surface area contributed by atoms with Crippen LogP contribution in [0.25, 0.3) is 0 Å². The molecule has 0 N–H and O–H groups in total. The minimum absolute atomic E-state index is 0.121. The lowest BCUT2D eigenvalue weighted by atomic mass is 10.1. The Morgan fingerprint density at radius 2 is 1.63 bits per heavy atom. The van der Waals surface area contributed by atoms with Gasteiger partial charge in [0, 0.05) is 31.0 Å². The van der Waals surface area contributed by atoms with Gasteiger partial charge in [-0.15, -0.1) is 0 Å². The highest BCUT2D eigenvalue weighted by Crippen LogP contribution is 2.33. The Morgan fingerprint density at radius 3 is 2.40 bits per heavy atom. The molecule has 0 spiro atoms. The third-order valence-corrected chi connectivity index (χ3v) is 5.62. The predicted molar refractivity (Wildman–Crippen MR) is 128 cm³/mol. The van der Waals surface area contributed by atoms with Crippen molar-refractivity contribution < 1.29 is 23.4 Å². The molecule has 7 heteroatoms. The zero-order valence-electron chi connectivity index (χ0n) is 18.9. The van der Waals surface area contributed by atoms with Crippen LogP contribution in [0.4, 0.5) is 4.39 Å². The van der Waals surface area contributed by atoms with Gasteiger partial charge in [-0.3, -0.25) is 9.78 Å². The number of hydrogen-bond acceptors (Lipinski definition) is 5. The number of rotatable bonds is 8. The highest BCUT2D eigenvalue weighted by atomic mass is 19.1. The van der Waals surface area contributed by atoms with Crippen molar-refractivity contribution in [2.75, 3.05) is 6.79 Å². The van der Waals surface area contributed by atoms with Crippen molar-refractivity contribution in [1.29, 1.82) is 0 Å². The molecule has 1 aromatic heterocycles. The molecule has 0 bridgehead atoms. The molecule has 0 atom stereocenters. The summed E-state index contributed by atoms with van der Waals surface area (Å²) in [5.41, 5.74) is 3.29. The molecule has 2 heterocycles. The van der Waals surface area contributed by atoms with E-state index in [0.717, 1.165) is 16.7 Å². The lowest BCUT2D eigenvalue weighted by Crippen LogP contribution is -2.30. The number of carbonyl (C=O) groups is 1. The largest absolute Gasteiger partial charge is 0.489 e. The average Bonchev–Trinajstić information content (AvgIpc) is 3.37. The summed E-state index contributed by atoms with van der Waals surface area (Å²) in [5, 5.41) is 0. The number of pyridine rings is 1.